The summed E-state index contributed by atoms with van der Waals surface area (Å²) in [6.45, 7) is 11.5. The summed E-state index contributed by atoms with van der Waals surface area (Å²) in [7, 11) is -1.92. The van der Waals surface area contributed by atoms with E-state index in [1.54, 1.807) is 30.3 Å². The molecule has 1 fully saturated rings. The highest BCUT2D eigenvalue weighted by Gasteiger charge is 2.39. The van der Waals surface area contributed by atoms with Crippen molar-refractivity contribution in [2.75, 3.05) is 18.5 Å². The molecule has 1 saturated heterocycles. The average Bonchev–Trinajstić information content (AvgIpc) is 3.17. The van der Waals surface area contributed by atoms with Crippen LogP contribution in [0.4, 0.5) is 10.2 Å². The molecule has 0 radical (unpaired) electrons. The Bertz CT molecular complexity index is 994. The molecular formula is C21H28FN3O4SSi. The third-order valence-electron chi connectivity index (χ3n) is 5.61. The molecule has 10 heteroatoms. The maximum atomic E-state index is 14.6. The highest BCUT2D eigenvalue weighted by atomic mass is 32.2. The van der Waals surface area contributed by atoms with Crippen LogP contribution in [0.5, 0.6) is 0 Å². The molecule has 2 heterocycles. The van der Waals surface area contributed by atoms with Crippen molar-refractivity contribution in [2.45, 2.75) is 49.7 Å². The van der Waals surface area contributed by atoms with Crippen LogP contribution in [0.15, 0.2) is 41.3 Å². The fourth-order valence-corrected chi connectivity index (χ4v) is 4.89. The van der Waals surface area contributed by atoms with Gasteiger partial charge in [-0.15, -0.1) is 11.8 Å². The first-order valence-electron chi connectivity index (χ1n) is 10.0. The van der Waals surface area contributed by atoms with Crippen LogP contribution in [0.3, 0.4) is 0 Å². The quantitative estimate of drug-likeness (QED) is 0.643. The minimum absolute atomic E-state index is 0.0830. The van der Waals surface area contributed by atoms with E-state index in [9.17, 15) is 14.0 Å². The molecule has 1 N–H and O–H groups in total. The molecule has 2 aromatic rings. The van der Waals surface area contributed by atoms with Crippen molar-refractivity contribution in [3.8, 4) is 0 Å². The molecular weight excluding hydrogens is 437 g/mol. The Labute approximate surface area is 186 Å². The third-order valence-corrected chi connectivity index (χ3v) is 11.4. The number of nitrogens with one attached hydrogen (secondary N) is 1. The predicted molar refractivity (Wildman–Crippen MR) is 122 cm³/mol. The summed E-state index contributed by atoms with van der Waals surface area (Å²) in [6.07, 6.45) is 1.06. The molecule has 1 aromatic carbocycles. The minimum atomic E-state index is -1.92. The minimum Gasteiger partial charge on any atom is -0.413 e. The zero-order valence-electron chi connectivity index (χ0n) is 18.3. The average molecular weight is 466 g/mol. The van der Waals surface area contributed by atoms with Crippen LogP contribution in [0.2, 0.25) is 18.1 Å². The second-order valence-electron chi connectivity index (χ2n) is 8.87. The first-order valence-corrected chi connectivity index (χ1v) is 13.9. The number of hydrogen-bond acceptors (Lipinski definition) is 6. The number of anilines is 1. The maximum Gasteiger partial charge on any atom is 0.350 e. The zero-order valence-corrected chi connectivity index (χ0v) is 20.2. The van der Waals surface area contributed by atoms with Gasteiger partial charge in [0, 0.05) is 11.8 Å². The number of carbonyl (C=O) groups is 1. The zero-order chi connectivity index (χ0) is 22.8. The van der Waals surface area contributed by atoms with E-state index >= 15 is 0 Å². The van der Waals surface area contributed by atoms with Gasteiger partial charge < -0.3 is 14.5 Å². The number of thioether (sulfide) groups is 1. The van der Waals surface area contributed by atoms with E-state index in [0.717, 1.165) is 6.20 Å². The summed E-state index contributed by atoms with van der Waals surface area (Å²) in [5.41, 5.74) is -0.555. The molecule has 0 unspecified atom stereocenters. The Morgan fingerprint density at radius 2 is 2.03 bits per heavy atom. The molecule has 1 aromatic heterocycles. The van der Waals surface area contributed by atoms with Crippen molar-refractivity contribution in [3.63, 3.8) is 0 Å². The molecule has 1 amide bonds. The maximum absolute atomic E-state index is 14.6. The fraction of sp³-hybridized carbons (Fsp3) is 0.476. The van der Waals surface area contributed by atoms with E-state index < -0.39 is 36.9 Å². The van der Waals surface area contributed by atoms with Crippen LogP contribution in [0, 0.1) is 5.82 Å². The second kappa shape index (κ2) is 9.23. The Kier molecular flexibility index (Phi) is 7.04. The smallest absolute Gasteiger partial charge is 0.350 e. The number of amides is 1. The van der Waals surface area contributed by atoms with Crippen LogP contribution < -0.4 is 11.0 Å². The van der Waals surface area contributed by atoms with Gasteiger partial charge in [0.1, 0.15) is 10.8 Å². The summed E-state index contributed by atoms with van der Waals surface area (Å²) in [5, 5.41) is 2.02. The van der Waals surface area contributed by atoms with E-state index in [1.165, 1.54) is 16.3 Å². The van der Waals surface area contributed by atoms with Crippen molar-refractivity contribution in [1.82, 2.24) is 9.55 Å². The topological polar surface area (TPSA) is 82.4 Å². The standard InChI is InChI=1S/C21H28FN3O4SSi/c1-21(2,3)31(4,5)29-13-17-28-12-16(30-17)25-11-15(22)18(24-20(25)27)23-19(26)14-9-7-6-8-10-14/h6-11,16-17H,12-13H2,1-5H3,(H,23,24,26,27)/t16-,17-/m1/s1. The lowest BCUT2D eigenvalue weighted by Gasteiger charge is -2.36. The number of benzene rings is 1. The summed E-state index contributed by atoms with van der Waals surface area (Å²) < 4.78 is 27.7. The Morgan fingerprint density at radius 1 is 1.35 bits per heavy atom. The van der Waals surface area contributed by atoms with Crippen LogP contribution in [0.25, 0.3) is 0 Å². The molecule has 0 saturated carbocycles. The van der Waals surface area contributed by atoms with E-state index in [4.69, 9.17) is 9.16 Å². The van der Waals surface area contributed by atoms with Crippen molar-refractivity contribution < 1.29 is 18.3 Å². The largest absolute Gasteiger partial charge is 0.413 e. The Hall–Kier alpha value is -2.01. The van der Waals surface area contributed by atoms with Gasteiger partial charge in [-0.3, -0.25) is 9.36 Å². The molecule has 2 atom stereocenters. The molecule has 0 aliphatic carbocycles. The number of ether oxygens (including phenoxy) is 1. The third kappa shape index (κ3) is 5.62. The van der Waals surface area contributed by atoms with E-state index in [-0.39, 0.29) is 17.1 Å². The van der Waals surface area contributed by atoms with E-state index in [1.807, 2.05) is 0 Å². The van der Waals surface area contributed by atoms with Gasteiger partial charge in [0.2, 0.25) is 0 Å². The van der Waals surface area contributed by atoms with Crippen molar-refractivity contribution in [3.05, 3.63) is 58.4 Å². The summed E-state index contributed by atoms with van der Waals surface area (Å²) >= 11 is 1.40. The lowest BCUT2D eigenvalue weighted by atomic mass is 10.2. The van der Waals surface area contributed by atoms with E-state index in [2.05, 4.69) is 44.2 Å². The molecule has 3 rings (SSSR count). The first-order chi connectivity index (χ1) is 14.5. The molecule has 7 nitrogen and oxygen atoms in total. The van der Waals surface area contributed by atoms with Gasteiger partial charge in [-0.1, -0.05) is 39.0 Å². The normalized spacial score (nSPS) is 19.4. The number of hydrogen-bond donors (Lipinski definition) is 1. The van der Waals surface area contributed by atoms with Gasteiger partial charge in [-0.2, -0.15) is 4.98 Å². The number of halogens is 1. The van der Waals surface area contributed by atoms with Gasteiger partial charge in [0.15, 0.2) is 20.0 Å². The van der Waals surface area contributed by atoms with Crippen molar-refractivity contribution >= 4 is 31.8 Å². The van der Waals surface area contributed by atoms with Crippen molar-refractivity contribution in [1.29, 1.82) is 0 Å². The van der Waals surface area contributed by atoms with Gasteiger partial charge in [-0.05, 0) is 30.3 Å². The van der Waals surface area contributed by atoms with Gasteiger partial charge >= 0.3 is 5.69 Å². The fourth-order valence-electron chi connectivity index (χ4n) is 2.68. The summed E-state index contributed by atoms with van der Waals surface area (Å²) in [6, 6.07) is 8.33. The van der Waals surface area contributed by atoms with Gasteiger partial charge in [0.05, 0.1) is 13.2 Å². The summed E-state index contributed by atoms with van der Waals surface area (Å²) in [4.78, 5) is 28.4. The van der Waals surface area contributed by atoms with Crippen LogP contribution in [-0.2, 0) is 9.16 Å². The van der Waals surface area contributed by atoms with Gasteiger partial charge in [-0.25, -0.2) is 9.18 Å². The Morgan fingerprint density at radius 3 is 2.68 bits per heavy atom. The van der Waals surface area contributed by atoms with Crippen molar-refractivity contribution in [2.24, 2.45) is 0 Å². The van der Waals surface area contributed by atoms with Crippen LogP contribution in [0.1, 0.15) is 36.5 Å². The van der Waals surface area contributed by atoms with Crippen LogP contribution in [-0.4, -0.2) is 42.4 Å². The molecule has 31 heavy (non-hydrogen) atoms. The summed E-state index contributed by atoms with van der Waals surface area (Å²) in [5.74, 6) is -1.71. The molecule has 168 valence electrons. The second-order valence-corrected chi connectivity index (χ2v) is 15.0. The number of carbonyl (C=O) groups excluding carboxylic acids is 1. The molecule has 1 aliphatic rings. The lowest BCUT2D eigenvalue weighted by Crippen LogP contribution is -2.42. The highest BCUT2D eigenvalue weighted by molar-refractivity contribution is 8.00. The monoisotopic (exact) mass is 465 g/mol. The lowest BCUT2D eigenvalue weighted by molar-refractivity contribution is 0.0834. The van der Waals surface area contributed by atoms with Gasteiger partial charge in [0.25, 0.3) is 5.91 Å². The van der Waals surface area contributed by atoms with Crippen LogP contribution >= 0.6 is 11.8 Å². The highest BCUT2D eigenvalue weighted by Crippen LogP contribution is 2.39. The van der Waals surface area contributed by atoms with E-state index in [0.29, 0.717) is 12.2 Å². The molecule has 0 spiro atoms. The predicted octanol–water partition coefficient (Wildman–Crippen LogP) is 4.24. The molecule has 1 aliphatic heterocycles. The number of nitrogens with zero attached hydrogens (tertiary/aromatic N) is 2. The first kappa shape index (κ1) is 23.6. The Balaban J connectivity index is 1.66. The SMILES string of the molecule is CC(C)(C)[Si](C)(C)OC[C@@H]1OC[C@H](n2cc(F)c(NC(=O)c3ccccc3)nc2=O)S1. The number of rotatable bonds is 6. The molecule has 0 bridgehead atoms. The number of aromatic nitrogens is 2.